The van der Waals surface area contributed by atoms with Crippen molar-refractivity contribution >= 4 is 28.5 Å². The van der Waals surface area contributed by atoms with E-state index >= 15 is 0 Å². The van der Waals surface area contributed by atoms with Gasteiger partial charge in [0.2, 0.25) is 5.91 Å². The molecule has 32 heavy (non-hydrogen) atoms. The van der Waals surface area contributed by atoms with Crippen LogP contribution in [0.3, 0.4) is 0 Å². The average molecular weight is 428 g/mol. The van der Waals surface area contributed by atoms with Gasteiger partial charge in [-0.15, -0.1) is 0 Å². The minimum absolute atomic E-state index is 0.184. The largest absolute Gasteiger partial charge is 0.340 e. The lowest BCUT2D eigenvalue weighted by atomic mass is 10.0. The number of aromatic nitrogens is 3. The van der Waals surface area contributed by atoms with Gasteiger partial charge in [0.15, 0.2) is 5.65 Å². The molecule has 7 nitrogen and oxygen atoms in total. The highest BCUT2D eigenvalue weighted by molar-refractivity contribution is 6.01. The number of fused-ring (bicyclic) bond motifs is 1. The number of rotatable bonds is 7. The monoisotopic (exact) mass is 427 g/mol. The van der Waals surface area contributed by atoms with Crippen molar-refractivity contribution in [1.29, 1.82) is 0 Å². The van der Waals surface area contributed by atoms with Gasteiger partial charge in [-0.2, -0.15) is 5.10 Å². The summed E-state index contributed by atoms with van der Waals surface area (Å²) in [6.45, 7) is 4.07. The number of hydrogen-bond acceptors (Lipinski definition) is 4. The summed E-state index contributed by atoms with van der Waals surface area (Å²) < 4.78 is 1.83. The van der Waals surface area contributed by atoms with E-state index in [0.717, 1.165) is 16.6 Å². The molecule has 2 heterocycles. The Bertz CT molecular complexity index is 1220. The molecule has 162 valence electrons. The molecule has 2 N–H and O–H groups in total. The van der Waals surface area contributed by atoms with E-state index in [9.17, 15) is 9.59 Å². The third-order valence-electron chi connectivity index (χ3n) is 5.13. The Morgan fingerprint density at radius 3 is 2.34 bits per heavy atom. The Hall–Kier alpha value is -4.00. The number of carbonyl (C=O) groups excluding carboxylic acids is 2. The van der Waals surface area contributed by atoms with Crippen LogP contribution >= 0.6 is 0 Å². The quantitative estimate of drug-likeness (QED) is 0.467. The summed E-state index contributed by atoms with van der Waals surface area (Å²) >= 11 is 0. The predicted molar refractivity (Wildman–Crippen MR) is 124 cm³/mol. The number of anilines is 1. The van der Waals surface area contributed by atoms with Gasteiger partial charge in [-0.25, -0.2) is 9.67 Å². The van der Waals surface area contributed by atoms with Gasteiger partial charge in [0, 0.05) is 23.4 Å². The topological polar surface area (TPSA) is 88.9 Å². The van der Waals surface area contributed by atoms with Crippen LogP contribution in [0.15, 0.2) is 79.1 Å². The maximum atomic E-state index is 13.2. The van der Waals surface area contributed by atoms with Crippen LogP contribution < -0.4 is 10.6 Å². The smallest absolute Gasteiger partial charge is 0.251 e. The second-order valence-electron chi connectivity index (χ2n) is 7.89. The fourth-order valence-electron chi connectivity index (χ4n) is 3.51. The van der Waals surface area contributed by atoms with Gasteiger partial charge < -0.3 is 10.6 Å². The standard InChI is InChI=1S/C25H25N5O2/c1-17(2)30-23-20(15-27-30)14-21(16-26-23)28-25(32)22(13-18-9-5-3-6-10-18)29-24(31)19-11-7-4-8-12-19/h3-12,14-17,22H,13H2,1-2H3,(H,28,32)(H,29,31). The summed E-state index contributed by atoms with van der Waals surface area (Å²) in [5.74, 6) is -0.607. The van der Waals surface area contributed by atoms with Crippen molar-refractivity contribution in [3.63, 3.8) is 0 Å². The van der Waals surface area contributed by atoms with Gasteiger partial charge in [0.05, 0.1) is 18.1 Å². The minimum Gasteiger partial charge on any atom is -0.340 e. The van der Waals surface area contributed by atoms with Crippen LogP contribution in [-0.2, 0) is 11.2 Å². The lowest BCUT2D eigenvalue weighted by Gasteiger charge is -2.19. The van der Waals surface area contributed by atoms with Crippen molar-refractivity contribution < 1.29 is 9.59 Å². The van der Waals surface area contributed by atoms with Crippen LogP contribution in [0.5, 0.6) is 0 Å². The fraction of sp³-hybridized carbons (Fsp3) is 0.200. The summed E-state index contributed by atoms with van der Waals surface area (Å²) in [4.78, 5) is 30.4. The Kier molecular flexibility index (Phi) is 6.26. The molecule has 4 rings (SSSR count). The summed E-state index contributed by atoms with van der Waals surface area (Å²) in [6.07, 6.45) is 3.71. The van der Waals surface area contributed by atoms with Crippen LogP contribution in [0.1, 0.15) is 35.8 Å². The number of nitrogens with one attached hydrogen (secondary N) is 2. The lowest BCUT2D eigenvalue weighted by Crippen LogP contribution is -2.45. The van der Waals surface area contributed by atoms with Gasteiger partial charge in [0.25, 0.3) is 5.91 Å². The Morgan fingerprint density at radius 1 is 0.969 bits per heavy atom. The lowest BCUT2D eigenvalue weighted by molar-refractivity contribution is -0.118. The van der Waals surface area contributed by atoms with Crippen LogP contribution in [0, 0.1) is 0 Å². The van der Waals surface area contributed by atoms with Crippen LogP contribution in [0.25, 0.3) is 11.0 Å². The third kappa shape index (κ3) is 4.83. The number of pyridine rings is 1. The number of amides is 2. The first-order valence-electron chi connectivity index (χ1n) is 10.5. The Balaban J connectivity index is 1.55. The number of carbonyl (C=O) groups is 2. The summed E-state index contributed by atoms with van der Waals surface area (Å²) in [6, 6.07) is 19.7. The first-order chi connectivity index (χ1) is 15.5. The highest BCUT2D eigenvalue weighted by atomic mass is 16.2. The van der Waals surface area contributed by atoms with Gasteiger partial charge in [0.1, 0.15) is 6.04 Å². The predicted octanol–water partition coefficient (Wildman–Crippen LogP) is 3.99. The van der Waals surface area contributed by atoms with Crippen LogP contribution in [0.2, 0.25) is 0 Å². The molecule has 7 heteroatoms. The first kappa shape index (κ1) is 21.2. The second kappa shape index (κ2) is 9.43. The zero-order chi connectivity index (χ0) is 22.5. The summed E-state index contributed by atoms with van der Waals surface area (Å²) in [5, 5.41) is 11.0. The molecule has 0 spiro atoms. The van der Waals surface area contributed by atoms with E-state index in [1.165, 1.54) is 0 Å². The van der Waals surface area contributed by atoms with Gasteiger partial charge in [-0.05, 0) is 37.6 Å². The molecule has 4 aromatic rings. The van der Waals surface area contributed by atoms with Crippen molar-refractivity contribution in [1.82, 2.24) is 20.1 Å². The molecule has 0 aliphatic heterocycles. The molecule has 2 aromatic heterocycles. The molecule has 2 amide bonds. The molecule has 0 saturated heterocycles. The van der Waals surface area contributed by atoms with Gasteiger partial charge >= 0.3 is 0 Å². The molecular formula is C25H25N5O2. The van der Waals surface area contributed by atoms with Crippen molar-refractivity contribution in [3.8, 4) is 0 Å². The molecular weight excluding hydrogens is 402 g/mol. The van der Waals surface area contributed by atoms with E-state index in [0.29, 0.717) is 17.7 Å². The maximum Gasteiger partial charge on any atom is 0.251 e. The molecule has 0 radical (unpaired) electrons. The zero-order valence-electron chi connectivity index (χ0n) is 18.0. The zero-order valence-corrected chi connectivity index (χ0v) is 18.0. The van der Waals surface area contributed by atoms with E-state index in [1.807, 2.05) is 61.0 Å². The fourth-order valence-corrected chi connectivity index (χ4v) is 3.51. The molecule has 0 bridgehead atoms. The number of nitrogens with zero attached hydrogens (tertiary/aromatic N) is 3. The van der Waals surface area contributed by atoms with E-state index < -0.39 is 6.04 Å². The van der Waals surface area contributed by atoms with E-state index in [-0.39, 0.29) is 17.9 Å². The minimum atomic E-state index is -0.751. The van der Waals surface area contributed by atoms with Gasteiger partial charge in [-0.1, -0.05) is 48.5 Å². The highest BCUT2D eigenvalue weighted by Gasteiger charge is 2.22. The molecule has 0 saturated carbocycles. The summed E-state index contributed by atoms with van der Waals surface area (Å²) in [7, 11) is 0. The average Bonchev–Trinajstić information content (AvgIpc) is 3.23. The van der Waals surface area contributed by atoms with Crippen LogP contribution in [-0.4, -0.2) is 32.6 Å². The van der Waals surface area contributed by atoms with E-state index in [4.69, 9.17) is 0 Å². The molecule has 1 atom stereocenters. The highest BCUT2D eigenvalue weighted by Crippen LogP contribution is 2.19. The van der Waals surface area contributed by atoms with Crippen molar-refractivity contribution in [3.05, 3.63) is 90.3 Å². The molecule has 0 aliphatic carbocycles. The normalized spacial score (nSPS) is 12.0. The Morgan fingerprint density at radius 2 is 1.66 bits per heavy atom. The molecule has 2 aromatic carbocycles. The van der Waals surface area contributed by atoms with E-state index in [2.05, 4.69) is 20.7 Å². The van der Waals surface area contributed by atoms with E-state index in [1.54, 1.807) is 36.7 Å². The first-order valence-corrected chi connectivity index (χ1v) is 10.5. The maximum absolute atomic E-state index is 13.2. The molecule has 0 aliphatic rings. The molecule has 0 fully saturated rings. The number of benzene rings is 2. The number of hydrogen-bond donors (Lipinski definition) is 2. The van der Waals surface area contributed by atoms with Crippen molar-refractivity contribution in [2.75, 3.05) is 5.32 Å². The SMILES string of the molecule is CC(C)n1ncc2cc(NC(=O)C(Cc3ccccc3)NC(=O)c3ccccc3)cnc21. The Labute approximate surface area is 186 Å². The molecule has 1 unspecified atom stereocenters. The summed E-state index contributed by atoms with van der Waals surface area (Å²) in [5.41, 5.74) is 2.77. The van der Waals surface area contributed by atoms with Crippen molar-refractivity contribution in [2.45, 2.75) is 32.4 Å². The van der Waals surface area contributed by atoms with Crippen LogP contribution in [0.4, 0.5) is 5.69 Å². The van der Waals surface area contributed by atoms with Crippen molar-refractivity contribution in [2.24, 2.45) is 0 Å². The third-order valence-corrected chi connectivity index (χ3v) is 5.13. The second-order valence-corrected chi connectivity index (χ2v) is 7.89. The van der Waals surface area contributed by atoms with Gasteiger partial charge in [-0.3, -0.25) is 9.59 Å².